The molecule has 8 heteroatoms. The van der Waals surface area contributed by atoms with Crippen LogP contribution >= 0.6 is 27.5 Å². The van der Waals surface area contributed by atoms with E-state index in [9.17, 15) is 9.35 Å². The van der Waals surface area contributed by atoms with Crippen molar-refractivity contribution in [1.82, 2.24) is 9.71 Å². The van der Waals surface area contributed by atoms with E-state index in [1.54, 1.807) is 26.0 Å². The molecule has 0 aliphatic heterocycles. The summed E-state index contributed by atoms with van der Waals surface area (Å²) in [7, 11) is 0. The van der Waals surface area contributed by atoms with Crippen LogP contribution in [0.2, 0.25) is 5.02 Å². The van der Waals surface area contributed by atoms with Crippen LogP contribution in [0.3, 0.4) is 0 Å². The summed E-state index contributed by atoms with van der Waals surface area (Å²) in [5.74, 6) is -0.411. The highest BCUT2D eigenvalue weighted by Crippen LogP contribution is 2.33. The molecule has 0 aliphatic rings. The molecule has 0 aromatic carbocycles. The minimum absolute atomic E-state index is 0.0359. The molecule has 1 N–H and O–H groups in total. The van der Waals surface area contributed by atoms with Crippen LogP contribution in [0.4, 0.5) is 0 Å². The van der Waals surface area contributed by atoms with Gasteiger partial charge in [0.25, 0.3) is 0 Å². The lowest BCUT2D eigenvalue weighted by atomic mass is 9.94. The number of pyridine rings is 1. The molecule has 23 heavy (non-hydrogen) atoms. The van der Waals surface area contributed by atoms with Gasteiger partial charge in [0.2, 0.25) is 0 Å². The van der Waals surface area contributed by atoms with Gasteiger partial charge in [0.05, 0.1) is 23.7 Å². The Hall–Kier alpha value is -0.340. The van der Waals surface area contributed by atoms with Crippen molar-refractivity contribution in [3.8, 4) is 0 Å². The zero-order valence-corrected chi connectivity index (χ0v) is 17.1. The van der Waals surface area contributed by atoms with E-state index in [-0.39, 0.29) is 13.0 Å². The summed E-state index contributed by atoms with van der Waals surface area (Å²) >= 11 is 8.15. The first-order valence-electron chi connectivity index (χ1n) is 7.17. The number of esters is 1. The van der Waals surface area contributed by atoms with E-state index < -0.39 is 27.6 Å². The quantitative estimate of drug-likeness (QED) is 0.427. The lowest BCUT2D eigenvalue weighted by molar-refractivity contribution is -0.144. The molecular formula is C15H22BrClN2O3S. The van der Waals surface area contributed by atoms with E-state index in [1.807, 2.05) is 20.8 Å². The van der Waals surface area contributed by atoms with Crippen molar-refractivity contribution in [3.63, 3.8) is 0 Å². The number of carbonyl (C=O) groups excluding carboxylic acids is 1. The average molecular weight is 426 g/mol. The van der Waals surface area contributed by atoms with Crippen molar-refractivity contribution < 1.29 is 14.1 Å². The van der Waals surface area contributed by atoms with Gasteiger partial charge in [-0.05, 0) is 62.7 Å². The molecule has 1 aromatic heterocycles. The Morgan fingerprint density at radius 3 is 2.57 bits per heavy atom. The molecule has 0 saturated heterocycles. The van der Waals surface area contributed by atoms with Gasteiger partial charge in [0, 0.05) is 11.4 Å². The molecule has 5 nitrogen and oxygen atoms in total. The maximum absolute atomic E-state index is 12.6. The standard InChI is InChI=1S/C15H22BrClN2O3S/c1-6-22-12(20)9-15(5,19-23(21)14(2,3)4)13-10(17)7-8-11(16)18-13/h7-8,19H,6,9H2,1-5H3/t15-,23?/m0/s1. The zero-order chi connectivity index (χ0) is 17.8. The van der Waals surface area contributed by atoms with Crippen LogP contribution in [0.25, 0.3) is 0 Å². The zero-order valence-electron chi connectivity index (χ0n) is 13.9. The van der Waals surface area contributed by atoms with E-state index in [0.717, 1.165) is 0 Å². The summed E-state index contributed by atoms with van der Waals surface area (Å²) in [4.78, 5) is 16.4. The summed E-state index contributed by atoms with van der Waals surface area (Å²) < 4.78 is 20.7. The lowest BCUT2D eigenvalue weighted by Gasteiger charge is -2.34. The van der Waals surface area contributed by atoms with Gasteiger partial charge < -0.3 is 9.29 Å². The summed E-state index contributed by atoms with van der Waals surface area (Å²) in [6, 6.07) is 3.39. The van der Waals surface area contributed by atoms with Crippen LogP contribution in [-0.4, -0.2) is 26.9 Å². The number of carbonyl (C=O) groups is 1. The van der Waals surface area contributed by atoms with Crippen molar-refractivity contribution >= 4 is 44.9 Å². The number of nitrogens with one attached hydrogen (secondary N) is 1. The van der Waals surface area contributed by atoms with E-state index in [4.69, 9.17) is 16.3 Å². The fraction of sp³-hybridized carbons (Fsp3) is 0.600. The smallest absolute Gasteiger partial charge is 0.308 e. The van der Waals surface area contributed by atoms with Crippen molar-refractivity contribution in [2.75, 3.05) is 6.61 Å². The third-order valence-electron chi connectivity index (χ3n) is 3.01. The lowest BCUT2D eigenvalue weighted by Crippen LogP contribution is -2.51. The monoisotopic (exact) mass is 424 g/mol. The minimum atomic E-state index is -1.41. The molecule has 0 radical (unpaired) electrons. The second-order valence-corrected chi connectivity index (χ2v) is 9.45. The highest BCUT2D eigenvalue weighted by atomic mass is 79.9. The second kappa shape index (κ2) is 8.16. The van der Waals surface area contributed by atoms with Crippen molar-refractivity contribution in [3.05, 3.63) is 27.5 Å². The fourth-order valence-corrected chi connectivity index (χ4v) is 3.34. The van der Waals surface area contributed by atoms with E-state index in [2.05, 4.69) is 25.6 Å². The molecule has 1 aromatic rings. The van der Waals surface area contributed by atoms with Crippen molar-refractivity contribution in [1.29, 1.82) is 0 Å². The molecule has 0 aliphatic carbocycles. The van der Waals surface area contributed by atoms with Crippen LogP contribution in [0.15, 0.2) is 16.7 Å². The van der Waals surface area contributed by atoms with Crippen LogP contribution in [-0.2, 0) is 26.4 Å². The molecular weight excluding hydrogens is 404 g/mol. The molecule has 0 bridgehead atoms. The van der Waals surface area contributed by atoms with Gasteiger partial charge in [-0.15, -0.1) is 4.72 Å². The first-order chi connectivity index (χ1) is 10.5. The molecule has 0 spiro atoms. The van der Waals surface area contributed by atoms with Crippen LogP contribution in [0, 0.1) is 0 Å². The van der Waals surface area contributed by atoms with Gasteiger partial charge in [0.15, 0.2) is 0 Å². The molecule has 0 fully saturated rings. The average Bonchev–Trinajstić information content (AvgIpc) is 2.40. The Balaban J connectivity index is 3.24. The summed E-state index contributed by atoms with van der Waals surface area (Å²) in [5, 5.41) is 0.387. The SMILES string of the molecule is CCOC(=O)C[C@](C)(N[S+]([O-])C(C)(C)C)c1nc(Br)ccc1Cl. The predicted molar refractivity (Wildman–Crippen MR) is 96.6 cm³/mol. The highest BCUT2D eigenvalue weighted by Gasteiger charge is 2.41. The Kier molecular flexibility index (Phi) is 7.35. The fourth-order valence-electron chi connectivity index (χ4n) is 1.83. The Morgan fingerprint density at radius 1 is 1.43 bits per heavy atom. The molecule has 0 amide bonds. The van der Waals surface area contributed by atoms with Gasteiger partial charge >= 0.3 is 5.97 Å². The van der Waals surface area contributed by atoms with E-state index in [1.165, 1.54) is 0 Å². The van der Waals surface area contributed by atoms with Crippen LogP contribution in [0.5, 0.6) is 0 Å². The Morgan fingerprint density at radius 2 is 2.04 bits per heavy atom. The number of ether oxygens (including phenoxy) is 1. The molecule has 1 rings (SSSR count). The van der Waals surface area contributed by atoms with Crippen molar-refractivity contribution in [2.45, 2.75) is 51.3 Å². The molecule has 0 saturated carbocycles. The third kappa shape index (κ3) is 5.90. The van der Waals surface area contributed by atoms with E-state index in [0.29, 0.717) is 15.3 Å². The predicted octanol–water partition coefficient (Wildman–Crippen LogP) is 3.72. The summed E-state index contributed by atoms with van der Waals surface area (Å²) in [5.41, 5.74) is -0.579. The number of rotatable bonds is 6. The van der Waals surface area contributed by atoms with Gasteiger partial charge in [-0.1, -0.05) is 11.6 Å². The summed E-state index contributed by atoms with van der Waals surface area (Å²) in [6.07, 6.45) is -0.0359. The largest absolute Gasteiger partial charge is 0.598 e. The molecule has 1 unspecified atom stereocenters. The maximum atomic E-state index is 12.6. The number of nitrogens with zero attached hydrogens (tertiary/aromatic N) is 1. The van der Waals surface area contributed by atoms with Gasteiger partial charge in [-0.2, -0.15) is 0 Å². The normalized spacial score (nSPS) is 15.8. The first kappa shape index (κ1) is 20.7. The van der Waals surface area contributed by atoms with Gasteiger partial charge in [0.1, 0.15) is 14.9 Å². The molecule has 1 heterocycles. The van der Waals surface area contributed by atoms with Crippen molar-refractivity contribution in [2.24, 2.45) is 0 Å². The molecule has 130 valence electrons. The molecule has 2 atom stereocenters. The van der Waals surface area contributed by atoms with Gasteiger partial charge in [-0.25, -0.2) is 4.98 Å². The second-order valence-electron chi connectivity index (χ2n) is 6.26. The summed E-state index contributed by atoms with van der Waals surface area (Å²) in [6.45, 7) is 9.29. The van der Waals surface area contributed by atoms with E-state index >= 15 is 0 Å². The highest BCUT2D eigenvalue weighted by molar-refractivity contribution is 9.10. The first-order valence-corrected chi connectivity index (χ1v) is 9.49. The van der Waals surface area contributed by atoms with Crippen LogP contribution < -0.4 is 4.72 Å². The number of halogens is 2. The van der Waals surface area contributed by atoms with Gasteiger partial charge in [-0.3, -0.25) is 4.79 Å². The number of aromatic nitrogens is 1. The maximum Gasteiger partial charge on any atom is 0.308 e. The Labute approximate surface area is 154 Å². The number of hydrogen-bond donors (Lipinski definition) is 1. The minimum Gasteiger partial charge on any atom is -0.598 e. The third-order valence-corrected chi connectivity index (χ3v) is 5.51. The topological polar surface area (TPSA) is 74.3 Å². The Bertz CT molecular complexity index is 568. The number of hydrogen-bond acceptors (Lipinski definition) is 5. The van der Waals surface area contributed by atoms with Crippen LogP contribution in [0.1, 0.15) is 46.7 Å².